The van der Waals surface area contributed by atoms with E-state index in [0.717, 1.165) is 71.0 Å². The van der Waals surface area contributed by atoms with E-state index in [-0.39, 0.29) is 7.43 Å². The van der Waals surface area contributed by atoms with Gasteiger partial charge < -0.3 is 0 Å². The lowest BCUT2D eigenvalue weighted by atomic mass is 9.76. The minimum atomic E-state index is 0. The van der Waals surface area contributed by atoms with Gasteiger partial charge in [0.25, 0.3) is 0 Å². The lowest BCUT2D eigenvalue weighted by Crippen LogP contribution is -2.20. The fraction of sp³-hybridized carbons (Fsp3) is 0.750. The third-order valence-corrected chi connectivity index (χ3v) is 14.2. The monoisotopic (exact) mass is 921 g/mol. The number of allylic oxidation sites excluding steroid dienone is 10. The van der Waals surface area contributed by atoms with E-state index >= 15 is 0 Å². The fourth-order valence-corrected chi connectivity index (χ4v) is 8.51. The van der Waals surface area contributed by atoms with E-state index in [1.54, 1.807) is 56.7 Å². The molecule has 0 aromatic carbocycles. The Bertz CT molecular complexity index is 975. The number of rotatable bonds is 2. The number of halogens is 2. The summed E-state index contributed by atoms with van der Waals surface area (Å²) in [6.07, 6.45) is 4.88. The first-order valence-corrected chi connectivity index (χ1v) is 26.0. The molecule has 0 amide bonds. The molecule has 0 aromatic heterocycles. The SMILES string of the molecule is C.C=CC.C=CC.CC.CC1=C(C)[C@H](C)C(C)[C@@H]1C.CC1=C(C)[C@H](C)C(C)[C@@H]1C.CC1=C(C)[C@H](C[C@H]2C(C)=C(C)[C@@H](C)C2C)C(C)[C@@H]1C.II. The van der Waals surface area contributed by atoms with Gasteiger partial charge in [-0.1, -0.05) is 147 Å². The summed E-state index contributed by atoms with van der Waals surface area (Å²) in [5.41, 5.74) is 13.2. The highest BCUT2D eigenvalue weighted by Gasteiger charge is 2.40. The Balaban J connectivity index is -0.000000293. The molecule has 0 fully saturated rings. The Hall–Kier alpha value is -0.1000. The minimum Gasteiger partial charge on any atom is -0.103 e. The molecule has 0 bridgehead atoms. The largest absolute Gasteiger partial charge is 0.103 e. The Morgan fingerprint density at radius 1 is 0.400 bits per heavy atom. The van der Waals surface area contributed by atoms with Gasteiger partial charge in [0.15, 0.2) is 0 Å². The Labute approximate surface area is 341 Å². The quantitative estimate of drug-likeness (QED) is 0.191. The van der Waals surface area contributed by atoms with Gasteiger partial charge in [-0.3, -0.25) is 0 Å². The van der Waals surface area contributed by atoms with Crippen LogP contribution in [0.4, 0.5) is 0 Å². The van der Waals surface area contributed by atoms with Crippen LogP contribution in [0.2, 0.25) is 0 Å². The van der Waals surface area contributed by atoms with Crippen LogP contribution >= 0.6 is 37.2 Å². The van der Waals surface area contributed by atoms with Crippen LogP contribution in [0.25, 0.3) is 0 Å². The summed E-state index contributed by atoms with van der Waals surface area (Å²) in [5, 5.41) is 0. The highest BCUT2D eigenvalue weighted by molar-refractivity contribution is 15.0. The van der Waals surface area contributed by atoms with E-state index < -0.39 is 0 Å². The van der Waals surface area contributed by atoms with E-state index in [1.807, 2.05) is 27.7 Å². The molecule has 4 rings (SSSR count). The van der Waals surface area contributed by atoms with E-state index in [4.69, 9.17) is 0 Å². The highest BCUT2D eigenvalue weighted by Crippen LogP contribution is 2.50. The predicted octanol–water partition coefficient (Wildman–Crippen LogP) is 18.2. The maximum absolute atomic E-state index is 3.36. The van der Waals surface area contributed by atoms with Crippen LogP contribution in [0.1, 0.15) is 166 Å². The third-order valence-electron chi connectivity index (χ3n) is 14.2. The fourth-order valence-electron chi connectivity index (χ4n) is 8.51. The van der Waals surface area contributed by atoms with Gasteiger partial charge in [-0.05, 0) is 147 Å². The second-order valence-corrected chi connectivity index (χ2v) is 15.9. The number of hydrogen-bond acceptors (Lipinski definition) is 0. The van der Waals surface area contributed by atoms with Crippen LogP contribution in [-0.4, -0.2) is 0 Å². The van der Waals surface area contributed by atoms with Crippen molar-refractivity contribution in [3.05, 3.63) is 69.9 Å². The van der Waals surface area contributed by atoms with Crippen LogP contribution < -0.4 is 0 Å². The Morgan fingerprint density at radius 2 is 0.540 bits per heavy atom. The van der Waals surface area contributed by atoms with Crippen molar-refractivity contribution in [3.63, 3.8) is 0 Å². The molecule has 4 unspecified atom stereocenters. The average molecular weight is 921 g/mol. The highest BCUT2D eigenvalue weighted by atomic mass is 128. The van der Waals surface area contributed by atoms with E-state index in [9.17, 15) is 0 Å². The molecule has 0 N–H and O–H groups in total. The molecular formula is C48H90I2. The Kier molecular flexibility index (Phi) is 32.1. The molecule has 0 aliphatic heterocycles. The lowest BCUT2D eigenvalue weighted by molar-refractivity contribution is 0.267. The van der Waals surface area contributed by atoms with Crippen molar-refractivity contribution < 1.29 is 0 Å². The molecule has 0 saturated carbocycles. The predicted molar refractivity (Wildman–Crippen MR) is 255 cm³/mol. The normalized spacial score (nSPS) is 33.8. The first kappa shape index (κ1) is 56.6. The molecule has 4 aliphatic rings. The van der Waals surface area contributed by atoms with Gasteiger partial charge in [-0.2, -0.15) is 0 Å². The maximum Gasteiger partial charge on any atom is 0 e. The third kappa shape index (κ3) is 15.0. The molecule has 0 aromatic rings. The molecule has 0 radical (unpaired) electrons. The zero-order valence-electron chi connectivity index (χ0n) is 37.0. The zero-order chi connectivity index (χ0) is 39.7. The maximum atomic E-state index is 3.36. The molecule has 0 nitrogen and oxygen atoms in total. The molecule has 0 spiro atoms. The van der Waals surface area contributed by atoms with E-state index in [1.165, 1.54) is 6.42 Å². The smallest absolute Gasteiger partial charge is 0 e. The summed E-state index contributed by atoms with van der Waals surface area (Å²) >= 11 is 4.24. The zero-order valence-corrected chi connectivity index (χ0v) is 41.3. The standard InChI is InChI=1S/C19H32.2C10H18.2C3H6.C2H6.CH4.I2/c1-10-11(2)15(6)18(14(10)5)9-19-16(7)12(3)13(4)17(19)8;2*1-6-7(2)9(4)10(5)8(6)3;2*1-3-2;1-2;;1-2/h10,12,14,16,18-19H,9H2,1-8H3;2*6-8H,1-5H3;2*3H,1H2,2H3;1-2H3;1H4;/t10-,12-,14?,16?,18-,19-;2*6?,7-,8+;;;;;/m1......./s1. The summed E-state index contributed by atoms with van der Waals surface area (Å²) in [7, 11) is 0. The van der Waals surface area contributed by atoms with Gasteiger partial charge in [0.05, 0.1) is 0 Å². The molecule has 50 heavy (non-hydrogen) atoms. The van der Waals surface area contributed by atoms with Gasteiger partial charge >= 0.3 is 0 Å². The summed E-state index contributed by atoms with van der Waals surface area (Å²) in [6, 6.07) is 0. The molecular weight excluding hydrogens is 830 g/mol. The molecule has 0 saturated heterocycles. The van der Waals surface area contributed by atoms with Crippen molar-refractivity contribution >= 4 is 37.2 Å². The van der Waals surface area contributed by atoms with Gasteiger partial charge in [0.2, 0.25) is 0 Å². The summed E-state index contributed by atoms with van der Waals surface area (Å²) < 4.78 is 0. The molecule has 4 aliphatic carbocycles. The van der Waals surface area contributed by atoms with Crippen molar-refractivity contribution in [3.8, 4) is 0 Å². The molecule has 2 heteroatoms. The van der Waals surface area contributed by atoms with Gasteiger partial charge in [-0.25, -0.2) is 0 Å². The second-order valence-electron chi connectivity index (χ2n) is 15.9. The van der Waals surface area contributed by atoms with Crippen LogP contribution in [0, 0.1) is 71.0 Å². The van der Waals surface area contributed by atoms with Crippen molar-refractivity contribution in [1.29, 1.82) is 0 Å². The second kappa shape index (κ2) is 28.4. The van der Waals surface area contributed by atoms with Crippen molar-refractivity contribution in [2.75, 3.05) is 0 Å². The van der Waals surface area contributed by atoms with E-state index in [0.29, 0.717) is 0 Å². The van der Waals surface area contributed by atoms with Crippen molar-refractivity contribution in [2.24, 2.45) is 71.0 Å². The van der Waals surface area contributed by atoms with Gasteiger partial charge in [-0.15, -0.1) is 13.2 Å². The summed E-state index contributed by atoms with van der Waals surface area (Å²) in [6.45, 7) is 56.9. The first-order chi connectivity index (χ1) is 22.7. The minimum absolute atomic E-state index is 0. The topological polar surface area (TPSA) is 0 Å². The van der Waals surface area contributed by atoms with Gasteiger partial charge in [0.1, 0.15) is 0 Å². The average Bonchev–Trinajstić information content (AvgIpc) is 3.55. The first-order valence-electron chi connectivity index (χ1n) is 19.7. The van der Waals surface area contributed by atoms with Crippen LogP contribution in [0.15, 0.2) is 69.9 Å². The van der Waals surface area contributed by atoms with Crippen LogP contribution in [0.5, 0.6) is 0 Å². The molecule has 12 atom stereocenters. The van der Waals surface area contributed by atoms with Gasteiger partial charge in [0, 0.05) is 37.2 Å². The van der Waals surface area contributed by atoms with Crippen LogP contribution in [0.3, 0.4) is 0 Å². The van der Waals surface area contributed by atoms with Crippen LogP contribution in [-0.2, 0) is 0 Å². The molecule has 296 valence electrons. The lowest BCUT2D eigenvalue weighted by Gasteiger charge is -2.28. The number of hydrogen-bond donors (Lipinski definition) is 0. The van der Waals surface area contributed by atoms with Crippen molar-refractivity contribution in [1.82, 2.24) is 0 Å². The van der Waals surface area contributed by atoms with Crippen molar-refractivity contribution in [2.45, 2.75) is 166 Å². The van der Waals surface area contributed by atoms with E-state index in [2.05, 4.69) is 175 Å². The molecule has 0 heterocycles. The summed E-state index contributed by atoms with van der Waals surface area (Å²) in [4.78, 5) is 0. The summed E-state index contributed by atoms with van der Waals surface area (Å²) in [5.74, 6) is 9.84. The Morgan fingerprint density at radius 3 is 0.640 bits per heavy atom.